The number of nitrogens with two attached hydrogens (primary N) is 1. The van der Waals surface area contributed by atoms with Gasteiger partial charge in [0, 0.05) is 13.0 Å². The van der Waals surface area contributed by atoms with Crippen LogP contribution in [0.4, 0.5) is 0 Å². The Morgan fingerprint density at radius 1 is 0.880 bits per heavy atom. The summed E-state index contributed by atoms with van der Waals surface area (Å²) in [5.41, 5.74) is 7.75. The molecule has 0 heterocycles. The minimum absolute atomic E-state index is 0.258. The highest BCUT2D eigenvalue weighted by molar-refractivity contribution is 5.73. The van der Waals surface area contributed by atoms with Crippen molar-refractivity contribution in [3.8, 4) is 5.75 Å². The second-order valence-electron chi connectivity index (χ2n) is 6.15. The number of ether oxygens (including phenoxy) is 1. The van der Waals surface area contributed by atoms with Gasteiger partial charge < -0.3 is 15.8 Å². The average Bonchev–Trinajstić information content (AvgIpc) is 2.63. The summed E-state index contributed by atoms with van der Waals surface area (Å²) in [6, 6.07) is 18.8. The standard InChI is InChI=1S/C21H28N2O2/c22-21(24)14-16-23-15-4-8-19-10-12-20(13-11-19)25-17-5-9-18-6-2-1-3-7-18/h1-3,6-7,10-13,23H,4-5,8-9,14-17H2,(H2,22,24). The van der Waals surface area contributed by atoms with Crippen molar-refractivity contribution < 1.29 is 9.53 Å². The van der Waals surface area contributed by atoms with Crippen LogP contribution in [-0.4, -0.2) is 25.6 Å². The summed E-state index contributed by atoms with van der Waals surface area (Å²) < 4.78 is 5.81. The number of amides is 1. The van der Waals surface area contributed by atoms with Gasteiger partial charge in [0.1, 0.15) is 5.75 Å². The van der Waals surface area contributed by atoms with Crippen LogP contribution in [0.5, 0.6) is 5.75 Å². The van der Waals surface area contributed by atoms with Gasteiger partial charge in [-0.2, -0.15) is 0 Å². The van der Waals surface area contributed by atoms with E-state index in [1.807, 2.05) is 18.2 Å². The van der Waals surface area contributed by atoms with Gasteiger partial charge in [-0.3, -0.25) is 4.79 Å². The molecule has 4 nitrogen and oxygen atoms in total. The van der Waals surface area contributed by atoms with E-state index in [0.717, 1.165) is 44.6 Å². The lowest BCUT2D eigenvalue weighted by molar-refractivity contribution is -0.117. The molecule has 0 aliphatic carbocycles. The normalized spacial score (nSPS) is 10.6. The van der Waals surface area contributed by atoms with Gasteiger partial charge in [0.05, 0.1) is 6.61 Å². The van der Waals surface area contributed by atoms with Crippen LogP contribution in [0.15, 0.2) is 54.6 Å². The molecule has 0 atom stereocenters. The minimum atomic E-state index is -0.258. The van der Waals surface area contributed by atoms with Crippen molar-refractivity contribution in [1.82, 2.24) is 5.32 Å². The molecule has 1 amide bonds. The molecule has 0 unspecified atom stereocenters. The lowest BCUT2D eigenvalue weighted by atomic mass is 10.1. The van der Waals surface area contributed by atoms with Crippen LogP contribution in [0.2, 0.25) is 0 Å². The molecule has 0 saturated carbocycles. The zero-order chi connectivity index (χ0) is 17.7. The first-order valence-electron chi connectivity index (χ1n) is 8.99. The Morgan fingerprint density at radius 3 is 2.28 bits per heavy atom. The van der Waals surface area contributed by atoms with Gasteiger partial charge in [0.2, 0.25) is 5.91 Å². The fraction of sp³-hybridized carbons (Fsp3) is 0.381. The van der Waals surface area contributed by atoms with E-state index in [9.17, 15) is 4.79 Å². The highest BCUT2D eigenvalue weighted by atomic mass is 16.5. The number of aryl methyl sites for hydroxylation is 2. The number of primary amides is 1. The Morgan fingerprint density at radius 2 is 1.56 bits per heavy atom. The summed E-state index contributed by atoms with van der Waals surface area (Å²) in [5.74, 6) is 0.670. The number of carbonyl (C=O) groups is 1. The molecule has 4 heteroatoms. The molecule has 0 saturated heterocycles. The number of nitrogens with one attached hydrogen (secondary N) is 1. The van der Waals surface area contributed by atoms with Gasteiger partial charge in [-0.25, -0.2) is 0 Å². The van der Waals surface area contributed by atoms with E-state index in [1.165, 1.54) is 11.1 Å². The van der Waals surface area contributed by atoms with Crippen LogP contribution in [-0.2, 0) is 17.6 Å². The van der Waals surface area contributed by atoms with Gasteiger partial charge in [0.15, 0.2) is 0 Å². The van der Waals surface area contributed by atoms with Crippen molar-refractivity contribution >= 4 is 5.91 Å². The third-order valence-corrected chi connectivity index (χ3v) is 4.01. The maximum atomic E-state index is 10.6. The fourth-order valence-corrected chi connectivity index (χ4v) is 2.62. The van der Waals surface area contributed by atoms with E-state index < -0.39 is 0 Å². The van der Waals surface area contributed by atoms with Crippen LogP contribution in [0.3, 0.4) is 0 Å². The molecule has 134 valence electrons. The predicted octanol–water partition coefficient (Wildman–Crippen LogP) is 3.10. The van der Waals surface area contributed by atoms with E-state index in [2.05, 4.69) is 41.7 Å². The van der Waals surface area contributed by atoms with Gasteiger partial charge in [-0.1, -0.05) is 42.5 Å². The number of carbonyl (C=O) groups excluding carboxylic acids is 1. The molecule has 2 aromatic rings. The topological polar surface area (TPSA) is 64.4 Å². The smallest absolute Gasteiger partial charge is 0.218 e. The number of rotatable bonds is 12. The molecule has 2 rings (SSSR count). The molecule has 0 spiro atoms. The summed E-state index contributed by atoms with van der Waals surface area (Å²) >= 11 is 0. The van der Waals surface area contributed by atoms with Crippen LogP contribution in [0.1, 0.15) is 30.4 Å². The molecule has 0 aliphatic rings. The van der Waals surface area contributed by atoms with Crippen LogP contribution >= 0.6 is 0 Å². The number of hydrogen-bond acceptors (Lipinski definition) is 3. The first kappa shape index (κ1) is 19.0. The van der Waals surface area contributed by atoms with Crippen molar-refractivity contribution in [3.63, 3.8) is 0 Å². The van der Waals surface area contributed by atoms with Crippen molar-refractivity contribution in [2.45, 2.75) is 32.1 Å². The summed E-state index contributed by atoms with van der Waals surface area (Å²) in [6.07, 6.45) is 4.51. The quantitative estimate of drug-likeness (QED) is 0.584. The van der Waals surface area contributed by atoms with Crippen LogP contribution in [0, 0.1) is 0 Å². The van der Waals surface area contributed by atoms with Crippen LogP contribution in [0.25, 0.3) is 0 Å². The molecule has 2 aromatic carbocycles. The van der Waals surface area contributed by atoms with E-state index in [0.29, 0.717) is 13.0 Å². The summed E-state index contributed by atoms with van der Waals surface area (Å²) in [7, 11) is 0. The summed E-state index contributed by atoms with van der Waals surface area (Å²) in [5, 5.41) is 3.22. The Bertz CT molecular complexity index is 612. The monoisotopic (exact) mass is 340 g/mol. The predicted molar refractivity (Wildman–Crippen MR) is 102 cm³/mol. The van der Waals surface area contributed by atoms with E-state index in [-0.39, 0.29) is 5.91 Å². The van der Waals surface area contributed by atoms with E-state index in [4.69, 9.17) is 10.5 Å². The molecule has 25 heavy (non-hydrogen) atoms. The number of hydrogen-bond donors (Lipinski definition) is 2. The second kappa shape index (κ2) is 11.3. The lowest BCUT2D eigenvalue weighted by Gasteiger charge is -2.08. The molecule has 0 aromatic heterocycles. The second-order valence-corrected chi connectivity index (χ2v) is 6.15. The van der Waals surface area contributed by atoms with Crippen molar-refractivity contribution in [1.29, 1.82) is 0 Å². The van der Waals surface area contributed by atoms with Crippen molar-refractivity contribution in [2.24, 2.45) is 5.73 Å². The Hall–Kier alpha value is -2.33. The van der Waals surface area contributed by atoms with Gasteiger partial charge in [0.25, 0.3) is 0 Å². The molecule has 3 N–H and O–H groups in total. The zero-order valence-electron chi connectivity index (χ0n) is 14.7. The first-order chi connectivity index (χ1) is 12.2. The molecule has 0 bridgehead atoms. The molecular weight excluding hydrogens is 312 g/mol. The third-order valence-electron chi connectivity index (χ3n) is 4.01. The Balaban J connectivity index is 1.57. The SMILES string of the molecule is NC(=O)CCNCCCc1ccc(OCCCc2ccccc2)cc1. The average molecular weight is 340 g/mol. The Labute approximate surface area is 150 Å². The summed E-state index contributed by atoms with van der Waals surface area (Å²) in [4.78, 5) is 10.6. The van der Waals surface area contributed by atoms with Crippen molar-refractivity contribution in [2.75, 3.05) is 19.7 Å². The fourth-order valence-electron chi connectivity index (χ4n) is 2.62. The highest BCUT2D eigenvalue weighted by Gasteiger charge is 1.98. The molecule has 0 fully saturated rings. The van der Waals surface area contributed by atoms with E-state index in [1.54, 1.807) is 0 Å². The highest BCUT2D eigenvalue weighted by Crippen LogP contribution is 2.14. The van der Waals surface area contributed by atoms with Crippen LogP contribution < -0.4 is 15.8 Å². The molecular formula is C21H28N2O2. The number of benzene rings is 2. The van der Waals surface area contributed by atoms with E-state index >= 15 is 0 Å². The zero-order valence-corrected chi connectivity index (χ0v) is 14.7. The van der Waals surface area contributed by atoms with Gasteiger partial charge in [-0.15, -0.1) is 0 Å². The maximum absolute atomic E-state index is 10.6. The van der Waals surface area contributed by atoms with Gasteiger partial charge >= 0.3 is 0 Å². The maximum Gasteiger partial charge on any atom is 0.218 e. The molecule has 0 radical (unpaired) electrons. The summed E-state index contributed by atoms with van der Waals surface area (Å²) in [6.45, 7) is 2.29. The lowest BCUT2D eigenvalue weighted by Crippen LogP contribution is -2.23. The third kappa shape index (κ3) is 8.36. The van der Waals surface area contributed by atoms with Crippen molar-refractivity contribution in [3.05, 3.63) is 65.7 Å². The molecule has 0 aliphatic heterocycles. The first-order valence-corrected chi connectivity index (χ1v) is 8.99. The minimum Gasteiger partial charge on any atom is -0.494 e. The largest absolute Gasteiger partial charge is 0.494 e. The van der Waals surface area contributed by atoms with Gasteiger partial charge in [-0.05, 0) is 55.5 Å². The Kier molecular flexibility index (Phi) is 8.56.